The van der Waals surface area contributed by atoms with E-state index in [1.807, 2.05) is 0 Å². The van der Waals surface area contributed by atoms with Gasteiger partial charge in [0.25, 0.3) is 0 Å². The molecule has 2 aliphatic heterocycles. The van der Waals surface area contributed by atoms with Crippen LogP contribution >= 0.6 is 0 Å². The zero-order chi connectivity index (χ0) is 48.4. The number of rotatable bonds is 4. The van der Waals surface area contributed by atoms with Crippen LogP contribution in [0.5, 0.6) is 0 Å². The van der Waals surface area contributed by atoms with Crippen LogP contribution < -0.4 is 20.7 Å². The van der Waals surface area contributed by atoms with Crippen LogP contribution in [-0.4, -0.2) is 11.3 Å². The molecule has 72 heavy (non-hydrogen) atoms. The first kappa shape index (κ1) is 41.3. The van der Waals surface area contributed by atoms with E-state index in [9.17, 15) is 0 Å². The Hall–Kier alpha value is -8.48. The summed E-state index contributed by atoms with van der Waals surface area (Å²) >= 11 is 0. The Labute approximate surface area is 418 Å². The van der Waals surface area contributed by atoms with Crippen molar-refractivity contribution in [1.29, 1.82) is 0 Å². The lowest BCUT2D eigenvalue weighted by atomic mass is 9.45. The monoisotopic (exact) mass is 927 g/mol. The van der Waals surface area contributed by atoms with E-state index in [0.717, 1.165) is 83.6 Å². The van der Waals surface area contributed by atoms with Gasteiger partial charge in [-0.15, -0.1) is 0 Å². The number of anilines is 6. The molecule has 0 atom stereocenters. The van der Waals surface area contributed by atoms with Crippen LogP contribution in [0.25, 0.3) is 87.6 Å². The molecule has 0 N–H and O–H groups in total. The minimum atomic E-state index is -0.238. The van der Waals surface area contributed by atoms with Gasteiger partial charge in [0.05, 0.1) is 5.69 Å². The zero-order valence-electron chi connectivity index (χ0n) is 41.2. The predicted octanol–water partition coefficient (Wildman–Crippen LogP) is 17.2. The van der Waals surface area contributed by atoms with Gasteiger partial charge < -0.3 is 23.1 Å². The summed E-state index contributed by atoms with van der Waals surface area (Å²) in [5.74, 6) is 0. The summed E-state index contributed by atoms with van der Waals surface area (Å²) in [5.41, 5.74) is 19.8. The van der Waals surface area contributed by atoms with Gasteiger partial charge in [-0.05, 0) is 123 Å². The molecule has 13 aromatic rings. The van der Waals surface area contributed by atoms with Crippen LogP contribution in [0.1, 0.15) is 52.7 Å². The van der Waals surface area contributed by atoms with E-state index in [1.165, 1.54) is 60.2 Å². The molecule has 0 saturated heterocycles. The number of aromatic nitrogens is 1. The second kappa shape index (κ2) is 14.6. The molecule has 0 bridgehead atoms. The fourth-order valence-corrected chi connectivity index (χ4v) is 12.3. The largest absolute Gasteiger partial charge is 0.455 e. The Bertz CT molecular complexity index is 4370. The first-order valence-electron chi connectivity index (χ1n) is 25.3. The van der Waals surface area contributed by atoms with E-state index in [4.69, 9.17) is 8.83 Å². The van der Waals surface area contributed by atoms with Crippen molar-refractivity contribution in [2.45, 2.75) is 52.4 Å². The maximum Gasteiger partial charge on any atom is 0.333 e. The molecule has 0 fully saturated rings. The van der Waals surface area contributed by atoms with Crippen molar-refractivity contribution < 1.29 is 8.83 Å². The van der Waals surface area contributed by atoms with Crippen LogP contribution in [-0.2, 0) is 10.8 Å². The molecule has 6 heteroatoms. The molecule has 0 radical (unpaired) electrons. The van der Waals surface area contributed by atoms with Crippen molar-refractivity contribution >= 4 is 128 Å². The summed E-state index contributed by atoms with van der Waals surface area (Å²) in [6, 6.07) is 71.9. The normalized spacial score (nSPS) is 13.4. The van der Waals surface area contributed by atoms with Crippen molar-refractivity contribution in [3.63, 3.8) is 0 Å². The molecule has 10 aromatic carbocycles. The molecule has 15 rings (SSSR count). The number of furan rings is 2. The topological polar surface area (TPSA) is 37.7 Å². The van der Waals surface area contributed by atoms with Crippen LogP contribution in [0, 0.1) is 0 Å². The van der Waals surface area contributed by atoms with E-state index in [1.54, 1.807) is 0 Å². The molecule has 0 unspecified atom stereocenters. The number of nitrogens with zero attached hydrogens (tertiary/aromatic N) is 3. The molecule has 5 heterocycles. The predicted molar refractivity (Wildman–Crippen MR) is 304 cm³/mol. The van der Waals surface area contributed by atoms with Crippen LogP contribution in [0.3, 0.4) is 0 Å². The summed E-state index contributed by atoms with van der Waals surface area (Å²) in [6.45, 7) is 13.5. The summed E-state index contributed by atoms with van der Waals surface area (Å²) in [7, 11) is 0. The van der Waals surface area contributed by atoms with Gasteiger partial charge in [0.15, 0.2) is 5.58 Å². The van der Waals surface area contributed by atoms with Gasteiger partial charge in [0.1, 0.15) is 16.7 Å². The Balaban J connectivity index is 1.09. The van der Waals surface area contributed by atoms with Crippen LogP contribution in [0.4, 0.5) is 34.1 Å². The third-order valence-corrected chi connectivity index (χ3v) is 15.8. The van der Waals surface area contributed by atoms with Crippen LogP contribution in [0.2, 0.25) is 0 Å². The van der Waals surface area contributed by atoms with E-state index in [0.29, 0.717) is 0 Å². The number of hydrogen-bond donors (Lipinski definition) is 0. The third-order valence-electron chi connectivity index (χ3n) is 15.8. The number of fused-ring (bicyclic) bond motifs is 15. The van der Waals surface area contributed by atoms with Gasteiger partial charge in [-0.2, -0.15) is 0 Å². The molecule has 344 valence electrons. The summed E-state index contributed by atoms with van der Waals surface area (Å²) < 4.78 is 16.8. The quantitative estimate of drug-likeness (QED) is 0.165. The molecule has 0 spiro atoms. The van der Waals surface area contributed by atoms with Gasteiger partial charge in [-0.3, -0.25) is 0 Å². The van der Waals surface area contributed by atoms with Gasteiger partial charge in [0.2, 0.25) is 0 Å². The van der Waals surface area contributed by atoms with Gasteiger partial charge in [-0.1, -0.05) is 157 Å². The molecule has 3 aromatic heterocycles. The smallest absolute Gasteiger partial charge is 0.333 e. The van der Waals surface area contributed by atoms with Crippen molar-refractivity contribution in [1.82, 2.24) is 4.48 Å². The van der Waals surface area contributed by atoms with Crippen molar-refractivity contribution in [2.75, 3.05) is 9.80 Å². The maximum absolute atomic E-state index is 7.14. The summed E-state index contributed by atoms with van der Waals surface area (Å²) in [6.07, 6.45) is 0. The Morgan fingerprint density at radius 3 is 1.68 bits per heavy atom. The van der Waals surface area contributed by atoms with Gasteiger partial charge in [0, 0.05) is 82.9 Å². The maximum atomic E-state index is 7.14. The molecular weight excluding hydrogens is 878 g/mol. The minimum absolute atomic E-state index is 0.0134. The number of hydrogen-bond acceptors (Lipinski definition) is 4. The van der Waals surface area contributed by atoms with E-state index >= 15 is 0 Å². The average Bonchev–Trinajstić information content (AvgIpc) is 4.07. The Kier molecular flexibility index (Phi) is 8.35. The lowest BCUT2D eigenvalue weighted by molar-refractivity contribution is 0.590. The average molecular weight is 928 g/mol. The fraction of sp³-hybridized carbons (Fsp3) is 0.121. The van der Waals surface area contributed by atoms with E-state index in [-0.39, 0.29) is 17.7 Å². The second-order valence-electron chi connectivity index (χ2n) is 22.1. The van der Waals surface area contributed by atoms with Crippen molar-refractivity contribution in [3.05, 3.63) is 205 Å². The van der Waals surface area contributed by atoms with Gasteiger partial charge >= 0.3 is 6.85 Å². The lowest BCUT2D eigenvalue weighted by Gasteiger charge is -2.41. The highest BCUT2D eigenvalue weighted by molar-refractivity contribution is 6.90. The molecular formula is C66H50BN3O2. The Morgan fingerprint density at radius 2 is 1.00 bits per heavy atom. The van der Waals surface area contributed by atoms with Gasteiger partial charge in [-0.25, -0.2) is 0 Å². The molecule has 0 aliphatic carbocycles. The van der Waals surface area contributed by atoms with E-state index < -0.39 is 0 Å². The standard InChI is InChI=1S/C66H50BN3O2/c1-65(2,3)41-25-29-43(30-26-41)68(44-31-27-42(28-32-44)66(4,5)6)45-33-34-54-53(37-45)67-61-57(69(54)55-22-14-20-49-46-17-9-11-23-58(46)71-63(49)55)38-52-47-18-10-12-24-59(47)72-64(52)60(61)50-21-13-19-48-51-35-39-15-7-8-16-40(39)36-56(51)70(67)62(48)50/h7-38H,1-6H3. The Morgan fingerprint density at radius 1 is 0.431 bits per heavy atom. The molecule has 0 amide bonds. The molecule has 0 saturated carbocycles. The first-order chi connectivity index (χ1) is 35.0. The number of para-hydroxylation sites is 4. The van der Waals surface area contributed by atoms with E-state index in [2.05, 4.69) is 250 Å². The second-order valence-corrected chi connectivity index (χ2v) is 22.1. The van der Waals surface area contributed by atoms with Crippen molar-refractivity contribution in [2.24, 2.45) is 0 Å². The first-order valence-corrected chi connectivity index (χ1v) is 25.3. The highest BCUT2D eigenvalue weighted by Crippen LogP contribution is 2.52. The molecule has 5 nitrogen and oxygen atoms in total. The highest BCUT2D eigenvalue weighted by atomic mass is 16.3. The highest BCUT2D eigenvalue weighted by Gasteiger charge is 2.45. The zero-order valence-corrected chi connectivity index (χ0v) is 41.2. The summed E-state index contributed by atoms with van der Waals surface area (Å²) in [5, 5.41) is 9.31. The van der Waals surface area contributed by atoms with Crippen molar-refractivity contribution in [3.8, 4) is 11.1 Å². The molecule has 2 aliphatic rings. The minimum Gasteiger partial charge on any atom is -0.455 e. The van der Waals surface area contributed by atoms with Crippen LogP contribution in [0.15, 0.2) is 203 Å². The summed E-state index contributed by atoms with van der Waals surface area (Å²) in [4.78, 5) is 4.93. The lowest BCUT2D eigenvalue weighted by Crippen LogP contribution is -2.56. The fourth-order valence-electron chi connectivity index (χ4n) is 12.3. The third kappa shape index (κ3) is 5.78. The SMILES string of the molecule is CC(C)(C)c1ccc(N(c2ccc(C(C)(C)C)cc2)c2ccc3c(c2)B2c4c(cc5c(oc6ccccc65)c4-c4cccc5c6cc7ccccc7cc6n2c45)N3c2cccc3c2oc2ccccc23)cc1. The number of benzene rings is 10.